The number of rotatable bonds is 6. The highest BCUT2D eigenvalue weighted by atomic mass is 16.5. The van der Waals surface area contributed by atoms with E-state index in [-0.39, 0.29) is 5.91 Å². The minimum absolute atomic E-state index is 0.248. The molecule has 1 fully saturated rings. The molecule has 2 rings (SSSR count). The summed E-state index contributed by atoms with van der Waals surface area (Å²) in [6, 6.07) is 2.40. The van der Waals surface area contributed by atoms with Gasteiger partial charge in [-0.2, -0.15) is 0 Å². The second-order valence-electron chi connectivity index (χ2n) is 5.95. The highest BCUT2D eigenvalue weighted by Crippen LogP contribution is 2.10. The van der Waals surface area contributed by atoms with Crippen LogP contribution in [0.15, 0.2) is 10.6 Å². The number of piperazine rings is 1. The van der Waals surface area contributed by atoms with Gasteiger partial charge < -0.3 is 14.7 Å². The van der Waals surface area contributed by atoms with Crippen molar-refractivity contribution in [3.05, 3.63) is 17.5 Å². The van der Waals surface area contributed by atoms with Crippen molar-refractivity contribution in [2.75, 3.05) is 32.7 Å². The topological polar surface area (TPSA) is 61.6 Å². The van der Waals surface area contributed by atoms with Gasteiger partial charge in [-0.25, -0.2) is 0 Å². The number of nitrogens with one attached hydrogen (secondary N) is 1. The lowest BCUT2D eigenvalue weighted by molar-refractivity contribution is -0.132. The average molecular weight is 294 g/mol. The number of nitrogens with zero attached hydrogens (tertiary/aromatic N) is 3. The molecule has 0 aliphatic carbocycles. The number of hydrogen-bond donors (Lipinski definition) is 1. The number of aromatic nitrogens is 1. The van der Waals surface area contributed by atoms with Crippen LogP contribution in [0.25, 0.3) is 0 Å². The Morgan fingerprint density at radius 3 is 2.67 bits per heavy atom. The van der Waals surface area contributed by atoms with Crippen molar-refractivity contribution in [3.8, 4) is 0 Å². The molecule has 1 aliphatic heterocycles. The van der Waals surface area contributed by atoms with Crippen LogP contribution in [-0.4, -0.2) is 59.6 Å². The Bertz CT molecular complexity index is 450. The van der Waals surface area contributed by atoms with Crippen LogP contribution in [0.3, 0.4) is 0 Å². The van der Waals surface area contributed by atoms with Crippen molar-refractivity contribution in [1.29, 1.82) is 0 Å². The van der Waals surface area contributed by atoms with Crippen molar-refractivity contribution < 1.29 is 9.32 Å². The number of carbonyl (C=O) groups is 1. The molecular formula is C15H26N4O2. The molecule has 21 heavy (non-hydrogen) atoms. The minimum Gasteiger partial charge on any atom is -0.360 e. The van der Waals surface area contributed by atoms with Crippen molar-refractivity contribution in [3.63, 3.8) is 0 Å². The summed E-state index contributed by atoms with van der Waals surface area (Å²) in [4.78, 5) is 16.4. The molecular weight excluding hydrogens is 268 g/mol. The van der Waals surface area contributed by atoms with E-state index in [2.05, 4.69) is 29.2 Å². The summed E-state index contributed by atoms with van der Waals surface area (Å²) in [7, 11) is 0. The Balaban J connectivity index is 1.69. The van der Waals surface area contributed by atoms with Crippen molar-refractivity contribution in [2.24, 2.45) is 0 Å². The molecule has 0 radical (unpaired) electrons. The van der Waals surface area contributed by atoms with E-state index in [1.165, 1.54) is 0 Å². The van der Waals surface area contributed by atoms with E-state index in [0.29, 0.717) is 12.5 Å². The lowest BCUT2D eigenvalue weighted by Gasteiger charge is -2.34. The van der Waals surface area contributed by atoms with Crippen LogP contribution < -0.4 is 5.32 Å². The molecule has 1 aromatic heterocycles. The van der Waals surface area contributed by atoms with Gasteiger partial charge in [-0.15, -0.1) is 0 Å². The molecule has 0 atom stereocenters. The zero-order chi connectivity index (χ0) is 15.2. The fraction of sp³-hybridized carbons (Fsp3) is 0.733. The van der Waals surface area contributed by atoms with Gasteiger partial charge in [0.15, 0.2) is 5.76 Å². The Morgan fingerprint density at radius 1 is 1.38 bits per heavy atom. The van der Waals surface area contributed by atoms with Gasteiger partial charge in [-0.3, -0.25) is 9.69 Å². The average Bonchev–Trinajstić information content (AvgIpc) is 2.84. The van der Waals surface area contributed by atoms with Crippen LogP contribution >= 0.6 is 0 Å². The standard InChI is InChI=1S/C15H26N4O2/c1-12(2)16-5-4-15(20)19-8-6-18(7-9-19)11-14-10-13(3)17-21-14/h10,12,16H,4-9,11H2,1-3H3. The molecule has 2 heterocycles. The minimum atomic E-state index is 0.248. The van der Waals surface area contributed by atoms with Crippen LogP contribution in [-0.2, 0) is 11.3 Å². The van der Waals surface area contributed by atoms with Gasteiger partial charge in [-0.05, 0) is 6.92 Å². The summed E-state index contributed by atoms with van der Waals surface area (Å²) < 4.78 is 5.24. The van der Waals surface area contributed by atoms with Gasteiger partial charge in [0.2, 0.25) is 5.91 Å². The third kappa shape index (κ3) is 5.13. The van der Waals surface area contributed by atoms with E-state index < -0.39 is 0 Å². The fourth-order valence-electron chi connectivity index (χ4n) is 2.49. The van der Waals surface area contributed by atoms with Crippen LogP contribution in [0.1, 0.15) is 31.7 Å². The molecule has 0 saturated carbocycles. The lowest BCUT2D eigenvalue weighted by Crippen LogP contribution is -2.48. The number of hydrogen-bond acceptors (Lipinski definition) is 5. The van der Waals surface area contributed by atoms with Gasteiger partial charge in [0.25, 0.3) is 0 Å². The Morgan fingerprint density at radius 2 is 2.10 bits per heavy atom. The number of amides is 1. The maximum absolute atomic E-state index is 12.1. The summed E-state index contributed by atoms with van der Waals surface area (Å²) >= 11 is 0. The first-order valence-corrected chi connectivity index (χ1v) is 7.70. The molecule has 118 valence electrons. The predicted octanol–water partition coefficient (Wildman–Crippen LogP) is 1.02. The summed E-state index contributed by atoms with van der Waals surface area (Å²) in [6.07, 6.45) is 0.583. The molecule has 1 aliphatic rings. The molecule has 6 heteroatoms. The molecule has 0 unspecified atom stereocenters. The largest absolute Gasteiger partial charge is 0.360 e. The molecule has 1 amide bonds. The Hall–Kier alpha value is -1.40. The maximum atomic E-state index is 12.1. The quantitative estimate of drug-likeness (QED) is 0.848. The van der Waals surface area contributed by atoms with Crippen LogP contribution in [0.2, 0.25) is 0 Å². The molecule has 1 N–H and O–H groups in total. The van der Waals surface area contributed by atoms with Gasteiger partial charge >= 0.3 is 0 Å². The van der Waals surface area contributed by atoms with Crippen molar-refractivity contribution in [1.82, 2.24) is 20.3 Å². The Labute approximate surface area is 126 Å². The smallest absolute Gasteiger partial charge is 0.223 e. The zero-order valence-corrected chi connectivity index (χ0v) is 13.3. The van der Waals surface area contributed by atoms with Crippen LogP contribution in [0.4, 0.5) is 0 Å². The summed E-state index contributed by atoms with van der Waals surface area (Å²) in [6.45, 7) is 11.0. The molecule has 0 spiro atoms. The van der Waals surface area contributed by atoms with Crippen LogP contribution in [0, 0.1) is 6.92 Å². The second-order valence-corrected chi connectivity index (χ2v) is 5.95. The predicted molar refractivity (Wildman–Crippen MR) is 80.9 cm³/mol. The lowest BCUT2D eigenvalue weighted by atomic mass is 10.2. The maximum Gasteiger partial charge on any atom is 0.223 e. The Kier molecular flexibility index (Phi) is 5.76. The zero-order valence-electron chi connectivity index (χ0n) is 13.3. The van der Waals surface area contributed by atoms with Gasteiger partial charge in [0.1, 0.15) is 0 Å². The van der Waals surface area contributed by atoms with Crippen LogP contribution in [0.5, 0.6) is 0 Å². The normalized spacial score (nSPS) is 16.7. The van der Waals surface area contributed by atoms with E-state index in [1.807, 2.05) is 17.9 Å². The van der Waals surface area contributed by atoms with Gasteiger partial charge in [0, 0.05) is 51.3 Å². The first-order valence-electron chi connectivity index (χ1n) is 7.70. The summed E-state index contributed by atoms with van der Waals surface area (Å²) in [5.74, 6) is 1.15. The van der Waals surface area contributed by atoms with E-state index >= 15 is 0 Å². The van der Waals surface area contributed by atoms with E-state index in [1.54, 1.807) is 0 Å². The van der Waals surface area contributed by atoms with Gasteiger partial charge in [-0.1, -0.05) is 19.0 Å². The summed E-state index contributed by atoms with van der Waals surface area (Å²) in [5, 5.41) is 7.18. The molecule has 6 nitrogen and oxygen atoms in total. The summed E-state index contributed by atoms with van der Waals surface area (Å²) in [5.41, 5.74) is 0.913. The second kappa shape index (κ2) is 7.56. The monoisotopic (exact) mass is 294 g/mol. The van der Waals surface area contributed by atoms with Gasteiger partial charge in [0.05, 0.1) is 12.2 Å². The first-order chi connectivity index (χ1) is 10.0. The third-order valence-corrected chi connectivity index (χ3v) is 3.67. The highest BCUT2D eigenvalue weighted by molar-refractivity contribution is 5.76. The van der Waals surface area contributed by atoms with E-state index in [9.17, 15) is 4.79 Å². The fourth-order valence-corrected chi connectivity index (χ4v) is 2.49. The highest BCUT2D eigenvalue weighted by Gasteiger charge is 2.21. The number of aryl methyl sites for hydroxylation is 1. The SMILES string of the molecule is Cc1cc(CN2CCN(C(=O)CCNC(C)C)CC2)on1. The molecule has 0 aromatic carbocycles. The molecule has 1 saturated heterocycles. The molecule has 0 bridgehead atoms. The van der Waals surface area contributed by atoms with Crippen molar-refractivity contribution >= 4 is 5.91 Å². The number of carbonyl (C=O) groups excluding carboxylic acids is 1. The van der Waals surface area contributed by atoms with Crippen molar-refractivity contribution in [2.45, 2.75) is 39.8 Å². The third-order valence-electron chi connectivity index (χ3n) is 3.67. The molecule has 1 aromatic rings. The first kappa shape index (κ1) is 16.0. The van der Waals surface area contributed by atoms with E-state index in [0.717, 1.165) is 50.7 Å². The van der Waals surface area contributed by atoms with E-state index in [4.69, 9.17) is 4.52 Å².